The molecule has 0 aliphatic heterocycles. The Morgan fingerprint density at radius 2 is 1.64 bits per heavy atom. The highest BCUT2D eigenvalue weighted by atomic mass is 16.5. The Labute approximate surface area is 162 Å². The summed E-state index contributed by atoms with van der Waals surface area (Å²) in [5.41, 5.74) is 1.32. The van der Waals surface area contributed by atoms with Gasteiger partial charge in [-0.2, -0.15) is 0 Å². The molecule has 1 N–H and O–H groups in total. The maximum absolute atomic E-state index is 12.0. The number of esters is 1. The van der Waals surface area contributed by atoms with Crippen LogP contribution in [0.3, 0.4) is 0 Å². The fraction of sp³-hybridized carbons (Fsp3) is 0.238. The molecular weight excluding hydrogens is 362 g/mol. The topological polar surface area (TPSA) is 98.8 Å². The molecule has 0 fully saturated rings. The second kappa shape index (κ2) is 10.0. The zero-order chi connectivity index (χ0) is 20.5. The van der Waals surface area contributed by atoms with E-state index < -0.39 is 18.5 Å². The Balaban J connectivity index is 1.77. The van der Waals surface area contributed by atoms with Crippen molar-refractivity contribution in [3.63, 3.8) is 0 Å². The van der Waals surface area contributed by atoms with Gasteiger partial charge in [-0.15, -0.1) is 0 Å². The molecule has 28 heavy (non-hydrogen) atoms. The molecule has 7 nitrogen and oxygen atoms in total. The molecule has 2 rings (SSSR count). The van der Waals surface area contributed by atoms with E-state index in [-0.39, 0.29) is 24.4 Å². The summed E-state index contributed by atoms with van der Waals surface area (Å²) in [6.07, 6.45) is -0.264. The second-order valence-corrected chi connectivity index (χ2v) is 6.00. The van der Waals surface area contributed by atoms with Crippen LogP contribution in [0.15, 0.2) is 48.5 Å². The van der Waals surface area contributed by atoms with Gasteiger partial charge in [-0.1, -0.05) is 24.3 Å². The van der Waals surface area contributed by atoms with Crippen LogP contribution < -0.4 is 10.1 Å². The van der Waals surface area contributed by atoms with Gasteiger partial charge < -0.3 is 14.8 Å². The zero-order valence-electron chi connectivity index (χ0n) is 15.7. The van der Waals surface area contributed by atoms with Gasteiger partial charge in [0.25, 0.3) is 0 Å². The Morgan fingerprint density at radius 3 is 2.36 bits per heavy atom. The number of ketones is 2. The average Bonchev–Trinajstić information content (AvgIpc) is 2.70. The molecule has 2 aromatic carbocycles. The highest BCUT2D eigenvalue weighted by molar-refractivity contribution is 5.99. The molecule has 0 saturated heterocycles. The van der Waals surface area contributed by atoms with Crippen LogP contribution in [0.2, 0.25) is 0 Å². The maximum atomic E-state index is 12.0. The first-order valence-electron chi connectivity index (χ1n) is 8.63. The van der Waals surface area contributed by atoms with Gasteiger partial charge in [0, 0.05) is 23.2 Å². The highest BCUT2D eigenvalue weighted by Crippen LogP contribution is 2.14. The lowest BCUT2D eigenvalue weighted by molar-refractivity contribution is -0.143. The number of carbonyl (C=O) groups is 4. The van der Waals surface area contributed by atoms with Crippen molar-refractivity contribution in [2.75, 3.05) is 19.0 Å². The van der Waals surface area contributed by atoms with Gasteiger partial charge >= 0.3 is 5.97 Å². The maximum Gasteiger partial charge on any atom is 0.306 e. The van der Waals surface area contributed by atoms with Crippen molar-refractivity contribution in [2.24, 2.45) is 0 Å². The summed E-state index contributed by atoms with van der Waals surface area (Å²) in [4.78, 5) is 47.1. The fourth-order valence-electron chi connectivity index (χ4n) is 2.35. The molecule has 2 aromatic rings. The van der Waals surface area contributed by atoms with Gasteiger partial charge in [0.15, 0.2) is 18.2 Å². The average molecular weight is 383 g/mol. The largest absolute Gasteiger partial charge is 0.497 e. The number of anilines is 1. The van der Waals surface area contributed by atoms with E-state index in [9.17, 15) is 19.2 Å². The quantitative estimate of drug-likeness (QED) is 0.528. The third kappa shape index (κ3) is 6.35. The number of amides is 1. The standard InChI is InChI=1S/C21H21NO6/c1-14(23)15-5-3-7-17(11-15)22-20(25)9-10-21(26)28-13-19(24)16-6-4-8-18(12-16)27-2/h3-8,11-12H,9-10,13H2,1-2H3,(H,22,25). The van der Waals surface area contributed by atoms with Crippen LogP contribution in [0, 0.1) is 0 Å². The number of methoxy groups -OCH3 is 1. The minimum Gasteiger partial charge on any atom is -0.497 e. The van der Waals surface area contributed by atoms with Crippen molar-refractivity contribution >= 4 is 29.1 Å². The Bertz CT molecular complexity index is 890. The van der Waals surface area contributed by atoms with E-state index in [0.717, 1.165) is 0 Å². The van der Waals surface area contributed by atoms with E-state index in [1.807, 2.05) is 0 Å². The van der Waals surface area contributed by atoms with Crippen molar-refractivity contribution < 1.29 is 28.7 Å². The summed E-state index contributed by atoms with van der Waals surface area (Å²) in [6, 6.07) is 13.0. The van der Waals surface area contributed by atoms with Crippen LogP contribution in [0.25, 0.3) is 0 Å². The third-order valence-corrected chi connectivity index (χ3v) is 3.87. The molecule has 0 aliphatic rings. The zero-order valence-corrected chi connectivity index (χ0v) is 15.7. The molecule has 1 amide bonds. The molecule has 0 atom stereocenters. The lowest BCUT2D eigenvalue weighted by atomic mass is 10.1. The van der Waals surface area contributed by atoms with Gasteiger partial charge in [0.2, 0.25) is 5.91 Å². The lowest BCUT2D eigenvalue weighted by Gasteiger charge is -2.07. The van der Waals surface area contributed by atoms with Gasteiger partial charge in [-0.25, -0.2) is 0 Å². The summed E-state index contributed by atoms with van der Waals surface area (Å²) in [7, 11) is 1.49. The van der Waals surface area contributed by atoms with Crippen molar-refractivity contribution in [3.8, 4) is 5.75 Å². The summed E-state index contributed by atoms with van der Waals surface area (Å²) in [5.74, 6) is -0.985. The lowest BCUT2D eigenvalue weighted by Crippen LogP contribution is -2.17. The molecular formula is C21H21NO6. The number of benzene rings is 2. The van der Waals surface area contributed by atoms with Crippen molar-refractivity contribution in [2.45, 2.75) is 19.8 Å². The predicted molar refractivity (Wildman–Crippen MR) is 103 cm³/mol. The molecule has 146 valence electrons. The molecule has 0 spiro atoms. The summed E-state index contributed by atoms with van der Waals surface area (Å²) in [6.45, 7) is 1.03. The summed E-state index contributed by atoms with van der Waals surface area (Å²) >= 11 is 0. The van der Waals surface area contributed by atoms with Crippen LogP contribution in [-0.4, -0.2) is 37.2 Å². The van der Waals surface area contributed by atoms with Crippen LogP contribution in [0.4, 0.5) is 5.69 Å². The first-order chi connectivity index (χ1) is 13.4. The number of carbonyl (C=O) groups excluding carboxylic acids is 4. The second-order valence-electron chi connectivity index (χ2n) is 6.00. The van der Waals surface area contributed by atoms with E-state index in [0.29, 0.717) is 22.6 Å². The fourth-order valence-corrected chi connectivity index (χ4v) is 2.35. The molecule has 0 bridgehead atoms. The normalized spacial score (nSPS) is 10.1. The summed E-state index contributed by atoms with van der Waals surface area (Å²) < 4.78 is 9.97. The molecule has 0 radical (unpaired) electrons. The van der Waals surface area contributed by atoms with E-state index in [2.05, 4.69) is 5.32 Å². The predicted octanol–water partition coefficient (Wildman–Crippen LogP) is 3.04. The number of ether oxygens (including phenoxy) is 2. The minimum absolute atomic E-state index is 0.101. The van der Waals surface area contributed by atoms with Crippen LogP contribution in [0.1, 0.15) is 40.5 Å². The van der Waals surface area contributed by atoms with E-state index in [4.69, 9.17) is 9.47 Å². The number of rotatable bonds is 9. The first-order valence-corrected chi connectivity index (χ1v) is 8.63. The van der Waals surface area contributed by atoms with E-state index in [1.54, 1.807) is 48.5 Å². The molecule has 0 saturated carbocycles. The van der Waals surface area contributed by atoms with Crippen LogP contribution in [0.5, 0.6) is 5.75 Å². The van der Waals surface area contributed by atoms with Crippen LogP contribution >= 0.6 is 0 Å². The SMILES string of the molecule is COc1cccc(C(=O)COC(=O)CCC(=O)Nc2cccc(C(C)=O)c2)c1. The molecule has 0 aliphatic carbocycles. The van der Waals surface area contributed by atoms with Gasteiger partial charge in [-0.05, 0) is 31.2 Å². The van der Waals surface area contributed by atoms with E-state index >= 15 is 0 Å². The highest BCUT2D eigenvalue weighted by Gasteiger charge is 2.13. The monoisotopic (exact) mass is 383 g/mol. The number of Topliss-reactive ketones (excluding diaryl/α,β-unsaturated/α-hetero) is 2. The van der Waals surface area contributed by atoms with Crippen molar-refractivity contribution in [3.05, 3.63) is 59.7 Å². The molecule has 0 heterocycles. The smallest absolute Gasteiger partial charge is 0.306 e. The third-order valence-electron chi connectivity index (χ3n) is 3.87. The van der Waals surface area contributed by atoms with Gasteiger partial charge in [0.1, 0.15) is 5.75 Å². The first kappa shape index (κ1) is 20.8. The molecule has 0 unspecified atom stereocenters. The Morgan fingerprint density at radius 1 is 0.929 bits per heavy atom. The Kier molecular flexibility index (Phi) is 7.45. The minimum atomic E-state index is -0.649. The Hall–Kier alpha value is -3.48. The van der Waals surface area contributed by atoms with Gasteiger partial charge in [-0.3, -0.25) is 19.2 Å². The van der Waals surface area contributed by atoms with Crippen LogP contribution in [-0.2, 0) is 14.3 Å². The van der Waals surface area contributed by atoms with Gasteiger partial charge in [0.05, 0.1) is 13.5 Å². The number of hydrogen-bond donors (Lipinski definition) is 1. The van der Waals surface area contributed by atoms with Crippen molar-refractivity contribution in [1.82, 2.24) is 0 Å². The number of nitrogens with one attached hydrogen (secondary N) is 1. The van der Waals surface area contributed by atoms with Crippen molar-refractivity contribution in [1.29, 1.82) is 0 Å². The molecule has 0 aromatic heterocycles. The molecule has 7 heteroatoms. The summed E-state index contributed by atoms with van der Waals surface area (Å²) in [5, 5.41) is 2.62. The van der Waals surface area contributed by atoms with E-state index in [1.165, 1.54) is 14.0 Å². The number of hydrogen-bond acceptors (Lipinski definition) is 6.